The van der Waals surface area contributed by atoms with Crippen LogP contribution >= 0.6 is 0 Å². The van der Waals surface area contributed by atoms with Gasteiger partial charge in [0.25, 0.3) is 0 Å². The first kappa shape index (κ1) is 57.3. The predicted octanol–water partition coefficient (Wildman–Crippen LogP) is -5.52. The minimum atomic E-state index is -2.15. The second-order valence-corrected chi connectivity index (χ2v) is 18.2. The van der Waals surface area contributed by atoms with Crippen molar-refractivity contribution < 1.29 is 144 Å². The number of esters is 1. The summed E-state index contributed by atoms with van der Waals surface area (Å²) in [6, 6.07) is 10.8. The summed E-state index contributed by atoms with van der Waals surface area (Å²) in [5.74, 6) is -5.46. The van der Waals surface area contributed by atoms with Crippen molar-refractivity contribution in [2.75, 3.05) is 26.4 Å². The van der Waals surface area contributed by atoms with Crippen molar-refractivity contribution in [3.8, 4) is 51.6 Å². The molecule has 0 saturated carbocycles. The van der Waals surface area contributed by atoms with Gasteiger partial charge in [0.1, 0.15) is 127 Å². The lowest BCUT2D eigenvalue weighted by atomic mass is 9.99. The zero-order valence-corrected chi connectivity index (χ0v) is 39.8. The van der Waals surface area contributed by atoms with Crippen molar-refractivity contribution in [2.45, 2.75) is 123 Å². The van der Waals surface area contributed by atoms with Gasteiger partial charge in [0.05, 0.1) is 31.5 Å². The van der Waals surface area contributed by atoms with Crippen LogP contribution in [0.5, 0.6) is 40.2 Å². The quantitative estimate of drug-likeness (QED) is 0.0283. The van der Waals surface area contributed by atoms with Gasteiger partial charge in [0.2, 0.25) is 36.7 Å². The van der Waals surface area contributed by atoms with E-state index in [9.17, 15) is 96.7 Å². The van der Waals surface area contributed by atoms with Crippen molar-refractivity contribution >= 4 is 23.0 Å². The number of phenols is 3. The molecule has 4 fully saturated rings. The van der Waals surface area contributed by atoms with Crippen LogP contribution in [0.4, 0.5) is 0 Å². The minimum absolute atomic E-state index is 0.129. The Morgan fingerprint density at radius 3 is 1.40 bits per heavy atom. The van der Waals surface area contributed by atoms with E-state index in [0.717, 1.165) is 36.4 Å². The molecular weight excluding hydrogens is 1040 g/mol. The second-order valence-electron chi connectivity index (χ2n) is 18.2. The Morgan fingerprint density at radius 1 is 0.506 bits per heavy atom. The highest BCUT2D eigenvalue weighted by atomic mass is 16.7. The molecule has 4 saturated heterocycles. The smallest absolute Gasteiger partial charge is 0.402 e. The molecule has 18 N–H and O–H groups in total. The Bertz CT molecular complexity index is 2690. The summed E-state index contributed by atoms with van der Waals surface area (Å²) in [6.45, 7) is -3.24. The third-order valence-electron chi connectivity index (χ3n) is 13.0. The molecule has 422 valence electrons. The molecule has 77 heavy (non-hydrogen) atoms. The van der Waals surface area contributed by atoms with Crippen LogP contribution in [0.2, 0.25) is 0 Å². The number of hydrogen-bond acceptors (Lipinski definition) is 28. The molecule has 8 rings (SSSR count). The molecule has 0 aliphatic carbocycles. The SMILES string of the molecule is O=C(/C=C/c1ccc(O[C@@H]2O[C@H](CO)[C@@H](O)[C@H](O)[C@H]2O)cc1)OC[C@H]1O[C@@H](Oc2cc(-c3[o+]c4cc(O)cc(O)c4cc3O[C@@H]3O[C@H](CO)[C@@H](O)[C@H](O)[C@H]3O)cc(O[C@@H]3O[C@H](CO)[C@@H](O)[C@H](O)[C@@H]3O)c2O)[C@H](O)[C@@H](O)[C@@H]1O. The molecule has 1 aromatic heterocycles. The maximum Gasteiger partial charge on any atom is 0.402 e. The first-order valence-corrected chi connectivity index (χ1v) is 23.6. The Labute approximate surface area is 433 Å². The molecule has 4 aliphatic heterocycles. The largest absolute Gasteiger partial charge is 0.507 e. The Balaban J connectivity index is 1.06. The average molecular weight is 1100 g/mol. The van der Waals surface area contributed by atoms with Crippen molar-refractivity contribution in [3.05, 3.63) is 66.2 Å². The summed E-state index contributed by atoms with van der Waals surface area (Å²) >= 11 is 0. The maximum atomic E-state index is 12.9. The average Bonchev–Trinajstić information content (AvgIpc) is 3.42. The number of hydrogen-bond donors (Lipinski definition) is 18. The summed E-state index contributed by atoms with van der Waals surface area (Å²) < 4.78 is 56.6. The number of aliphatic hydroxyl groups excluding tert-OH is 15. The second kappa shape index (κ2) is 24.0. The number of benzene rings is 3. The molecule has 29 nitrogen and oxygen atoms in total. The molecule has 0 spiro atoms. The Kier molecular flexibility index (Phi) is 17.9. The number of carbonyl (C=O) groups excluding carboxylic acids is 1. The van der Waals surface area contributed by atoms with Crippen LogP contribution in [0.15, 0.2) is 65.1 Å². The summed E-state index contributed by atoms with van der Waals surface area (Å²) in [6.07, 6.45) is -33.9. The van der Waals surface area contributed by atoms with Gasteiger partial charge in [-0.15, -0.1) is 0 Å². The van der Waals surface area contributed by atoms with Crippen molar-refractivity contribution in [1.29, 1.82) is 0 Å². The van der Waals surface area contributed by atoms with Gasteiger partial charge in [-0.2, -0.15) is 0 Å². The fourth-order valence-electron chi connectivity index (χ4n) is 8.56. The van der Waals surface area contributed by atoms with E-state index in [1.165, 1.54) is 30.3 Å². The van der Waals surface area contributed by atoms with Crippen LogP contribution in [-0.4, -0.2) is 247 Å². The summed E-state index contributed by atoms with van der Waals surface area (Å²) in [5, 5.41) is 189. The Hall–Kier alpha value is -5.88. The topological polar surface area (TPSA) is 476 Å². The van der Waals surface area contributed by atoms with E-state index in [1.54, 1.807) is 0 Å². The fraction of sp³-hybridized carbons (Fsp3) is 0.500. The molecule has 20 atom stereocenters. The van der Waals surface area contributed by atoms with Gasteiger partial charge in [-0.25, -0.2) is 9.21 Å². The highest BCUT2D eigenvalue weighted by Gasteiger charge is 2.50. The van der Waals surface area contributed by atoms with Gasteiger partial charge in [0, 0.05) is 30.3 Å². The first-order chi connectivity index (χ1) is 36.6. The van der Waals surface area contributed by atoms with Gasteiger partial charge < -0.3 is 135 Å². The van der Waals surface area contributed by atoms with Crippen molar-refractivity contribution in [1.82, 2.24) is 0 Å². The number of ether oxygens (including phenoxy) is 9. The van der Waals surface area contributed by atoms with Crippen LogP contribution in [0, 0.1) is 0 Å². The molecule has 29 heteroatoms. The van der Waals surface area contributed by atoms with E-state index in [2.05, 4.69) is 0 Å². The number of aliphatic hydroxyl groups is 15. The lowest BCUT2D eigenvalue weighted by Gasteiger charge is -2.40. The van der Waals surface area contributed by atoms with E-state index in [0.29, 0.717) is 5.56 Å². The molecule has 0 amide bonds. The molecule has 3 aromatic carbocycles. The van der Waals surface area contributed by atoms with E-state index >= 15 is 0 Å². The fourth-order valence-corrected chi connectivity index (χ4v) is 8.56. The third-order valence-corrected chi connectivity index (χ3v) is 13.0. The lowest BCUT2D eigenvalue weighted by molar-refractivity contribution is -0.279. The van der Waals surface area contributed by atoms with Crippen LogP contribution < -0.4 is 18.9 Å². The molecule has 4 aliphatic rings. The number of aromatic hydroxyl groups is 3. The predicted molar refractivity (Wildman–Crippen MR) is 248 cm³/mol. The Morgan fingerprint density at radius 2 is 0.935 bits per heavy atom. The molecule has 0 unspecified atom stereocenters. The zero-order valence-electron chi connectivity index (χ0n) is 39.8. The van der Waals surface area contributed by atoms with Gasteiger partial charge >= 0.3 is 17.3 Å². The van der Waals surface area contributed by atoms with Crippen LogP contribution in [0.3, 0.4) is 0 Å². The maximum absolute atomic E-state index is 12.9. The number of carbonyl (C=O) groups is 1. The van der Waals surface area contributed by atoms with Gasteiger partial charge in [0.15, 0.2) is 11.5 Å². The van der Waals surface area contributed by atoms with E-state index < -0.39 is 195 Å². The third kappa shape index (κ3) is 12.1. The molecular formula is C48H57O29+. The first-order valence-electron chi connectivity index (χ1n) is 23.6. The number of fused-ring (bicyclic) bond motifs is 1. The zero-order chi connectivity index (χ0) is 55.7. The van der Waals surface area contributed by atoms with Crippen LogP contribution in [0.25, 0.3) is 28.4 Å². The van der Waals surface area contributed by atoms with Gasteiger partial charge in [-0.3, -0.25) is 0 Å². The lowest BCUT2D eigenvalue weighted by Crippen LogP contribution is -2.60. The van der Waals surface area contributed by atoms with Crippen LogP contribution in [-0.2, 0) is 28.5 Å². The molecule has 4 aromatic rings. The van der Waals surface area contributed by atoms with Crippen molar-refractivity contribution in [2.24, 2.45) is 0 Å². The van der Waals surface area contributed by atoms with E-state index in [1.807, 2.05) is 0 Å². The van der Waals surface area contributed by atoms with Gasteiger partial charge in [-0.1, -0.05) is 12.1 Å². The summed E-state index contributed by atoms with van der Waals surface area (Å²) in [5.41, 5.74) is -0.180. The van der Waals surface area contributed by atoms with Crippen LogP contribution in [0.1, 0.15) is 5.56 Å². The summed E-state index contributed by atoms with van der Waals surface area (Å²) in [4.78, 5) is 12.9. The monoisotopic (exact) mass is 1100 g/mol. The summed E-state index contributed by atoms with van der Waals surface area (Å²) in [7, 11) is 0. The highest BCUT2D eigenvalue weighted by molar-refractivity contribution is 5.89. The number of phenolic OH excluding ortho intramolecular Hbond substituents is 3. The number of rotatable bonds is 16. The standard InChI is InChI=1S/C48H56O29/c49-12-26-32(56)36(60)40(64)45(74-26)69-19-4-1-16(2-5-19)3-6-30(54)68-15-29-35(59)39(63)43(67)47(77-29)72-24-8-17(7-23(31(24)55)71-46-41(65)37(61)33(57)27(13-50)75-46)44-25(11-20-21(53)9-18(52)10-22(20)70-44)73-48-42(66)38(62)34(58)28(14-51)76-48/h1-11,26-29,32-43,45-51,56-67H,12-15H2,(H2-,52,53,55)/p+1/b6-3+/t26-,27-,28-,29-,32-,33-,34-,35-,36+,37+,38+,39+,40-,41+,42-,43-,45-,46-,47-,48-/m1/s1. The highest BCUT2D eigenvalue weighted by Crippen LogP contribution is 2.47. The normalized spacial score (nSPS) is 35.6. The minimum Gasteiger partial charge on any atom is -0.507 e. The molecule has 0 bridgehead atoms. The van der Waals surface area contributed by atoms with Gasteiger partial charge in [-0.05, 0) is 23.8 Å². The molecule has 5 heterocycles. The van der Waals surface area contributed by atoms with E-state index in [-0.39, 0.29) is 22.3 Å². The van der Waals surface area contributed by atoms with Crippen molar-refractivity contribution in [3.63, 3.8) is 0 Å². The molecule has 0 radical (unpaired) electrons. The van der Waals surface area contributed by atoms with E-state index in [4.69, 9.17) is 47.0 Å².